The zero-order chi connectivity index (χ0) is 37.6. The maximum absolute atomic E-state index is 14.3. The smallest absolute Gasteiger partial charge is 0.285 e. The van der Waals surface area contributed by atoms with Crippen LogP contribution in [0.2, 0.25) is 5.02 Å². The lowest BCUT2D eigenvalue weighted by molar-refractivity contribution is -0.131. The second-order valence-corrected chi connectivity index (χ2v) is 18.9. The number of anilines is 1. The summed E-state index contributed by atoms with van der Waals surface area (Å²) in [6.45, 7) is 6.76. The average Bonchev–Trinajstić information content (AvgIpc) is 3.30. The number of nitrogens with one attached hydrogen (secondary N) is 1. The van der Waals surface area contributed by atoms with E-state index >= 15 is 0 Å². The number of nitrogens with zero attached hydrogens (tertiary/aromatic N) is 2. The first-order valence-electron chi connectivity index (χ1n) is 19.8. The van der Waals surface area contributed by atoms with Crippen LogP contribution < -0.4 is 15.0 Å². The Kier molecular flexibility index (Phi) is 10.9. The van der Waals surface area contributed by atoms with Crippen LogP contribution >= 0.6 is 11.6 Å². The zero-order valence-corrected chi connectivity index (χ0v) is 33.3. The number of carbonyl (C=O) groups is 2. The van der Waals surface area contributed by atoms with Crippen molar-refractivity contribution in [1.82, 2.24) is 5.32 Å². The van der Waals surface area contributed by atoms with Gasteiger partial charge < -0.3 is 29.2 Å². The highest BCUT2D eigenvalue weighted by molar-refractivity contribution is 7.76. The summed E-state index contributed by atoms with van der Waals surface area (Å²) >= 11 is 6.60. The fourth-order valence-corrected chi connectivity index (χ4v) is 11.2. The number of fused-ring (bicyclic) bond motifs is 6. The molecule has 1 spiro atoms. The van der Waals surface area contributed by atoms with E-state index in [4.69, 9.17) is 30.5 Å². The molecule has 1 saturated heterocycles. The van der Waals surface area contributed by atoms with Crippen molar-refractivity contribution in [2.75, 3.05) is 51.5 Å². The number of hydrogen-bond acceptors (Lipinski definition) is 8. The SMILES string of the molecule is CO[C@H]1/C=C/C[C@H](C)[C@](C)(NC(=O)COC2CCOCC2)/[SH](=O)=N\C(=O)c2ccc3c(c2)N(C[C@@H]2CC[C@H]21)C[C@]1(CO3)C[C@@H]2CC[C@@H]2c2cc(Cl)ccc21. The van der Waals surface area contributed by atoms with Crippen LogP contribution in [0.25, 0.3) is 0 Å². The number of benzene rings is 2. The van der Waals surface area contributed by atoms with E-state index in [0.717, 1.165) is 61.7 Å². The standard InChI is InChI=1S/C42H54ClN3O7S/c1-26-5-4-6-37(50-3)33-12-8-29(33)22-46-24-42(21-28-7-11-32(28)34-20-30(43)10-13-35(34)42)25-53-38-14-9-27(19-36(38)46)40(48)45-54(49)41(26,2)44-39(47)23-52-31-15-17-51-18-16-31/h4,6,9-10,13-14,19-20,26,28-29,31-33,37,54H,5,7-8,11-12,15-18,21-25H2,1-3H3,(H,44,47)/b6-4+/t26-,28-,29-,32-,33+,37-,41+,42-/m0/s1. The van der Waals surface area contributed by atoms with Crippen LogP contribution in [0, 0.1) is 23.7 Å². The predicted octanol–water partition coefficient (Wildman–Crippen LogP) is 6.84. The van der Waals surface area contributed by atoms with Crippen molar-refractivity contribution in [3.63, 3.8) is 0 Å². The molecule has 9 atom stereocenters. The number of rotatable bonds is 5. The van der Waals surface area contributed by atoms with Gasteiger partial charge in [0.1, 0.15) is 17.2 Å². The Morgan fingerprint density at radius 1 is 1.09 bits per heavy atom. The van der Waals surface area contributed by atoms with E-state index in [-0.39, 0.29) is 36.1 Å². The molecule has 12 heteroatoms. The van der Waals surface area contributed by atoms with Gasteiger partial charge in [-0.15, -0.1) is 0 Å². The number of allylic oxidation sites excluding steroid dienone is 1. The molecule has 3 heterocycles. The lowest BCUT2D eigenvalue weighted by Gasteiger charge is -2.52. The van der Waals surface area contributed by atoms with Gasteiger partial charge in [-0.2, -0.15) is 4.36 Å². The molecule has 3 fully saturated rings. The normalized spacial score (nSPS) is 36.1. The first-order chi connectivity index (χ1) is 26.1. The van der Waals surface area contributed by atoms with E-state index in [1.807, 2.05) is 25.1 Å². The van der Waals surface area contributed by atoms with Gasteiger partial charge in [-0.25, -0.2) is 4.21 Å². The minimum absolute atomic E-state index is 0.0656. The topological polar surface area (TPSA) is 116 Å². The quantitative estimate of drug-likeness (QED) is 0.251. The Labute approximate surface area is 325 Å². The highest BCUT2D eigenvalue weighted by atomic mass is 35.5. The maximum Gasteiger partial charge on any atom is 0.285 e. The molecule has 1 unspecified atom stereocenters. The molecule has 292 valence electrons. The van der Waals surface area contributed by atoms with Crippen LogP contribution in [0.15, 0.2) is 52.9 Å². The summed E-state index contributed by atoms with van der Waals surface area (Å²) in [7, 11) is -0.827. The fraction of sp³-hybridized carbons (Fsp3) is 0.619. The molecule has 54 heavy (non-hydrogen) atoms. The van der Waals surface area contributed by atoms with Crippen molar-refractivity contribution in [2.24, 2.45) is 28.0 Å². The van der Waals surface area contributed by atoms with Crippen LogP contribution in [0.4, 0.5) is 5.69 Å². The van der Waals surface area contributed by atoms with E-state index < -0.39 is 21.4 Å². The molecule has 3 aliphatic heterocycles. The first kappa shape index (κ1) is 37.9. The van der Waals surface area contributed by atoms with Crippen molar-refractivity contribution in [3.05, 3.63) is 70.3 Å². The number of halogens is 1. The lowest BCUT2D eigenvalue weighted by atomic mass is 9.55. The van der Waals surface area contributed by atoms with E-state index in [9.17, 15) is 13.8 Å². The summed E-state index contributed by atoms with van der Waals surface area (Å²) in [5.74, 6) is 1.26. The number of hydrogen-bond donors (Lipinski definition) is 2. The number of carbonyl (C=O) groups excluding carboxylic acids is 2. The Morgan fingerprint density at radius 3 is 2.65 bits per heavy atom. The zero-order valence-electron chi connectivity index (χ0n) is 31.6. The van der Waals surface area contributed by atoms with E-state index in [1.165, 1.54) is 24.0 Å². The van der Waals surface area contributed by atoms with Crippen LogP contribution in [-0.4, -0.2) is 79.7 Å². The molecule has 10 nitrogen and oxygen atoms in total. The van der Waals surface area contributed by atoms with Crippen molar-refractivity contribution < 1.29 is 32.7 Å². The second kappa shape index (κ2) is 15.5. The summed E-state index contributed by atoms with van der Waals surface area (Å²) in [5, 5.41) is 3.76. The van der Waals surface area contributed by atoms with Crippen LogP contribution in [0.5, 0.6) is 5.75 Å². The molecular formula is C42H54ClN3O7S. The van der Waals surface area contributed by atoms with Gasteiger partial charge in [0.05, 0.1) is 35.1 Å². The summed E-state index contributed by atoms with van der Waals surface area (Å²) < 4.78 is 42.8. The number of ether oxygens (including phenoxy) is 4. The predicted molar refractivity (Wildman–Crippen MR) is 210 cm³/mol. The number of thiol groups is 1. The number of methoxy groups -OCH3 is 1. The third-order valence-corrected chi connectivity index (χ3v) is 15.5. The largest absolute Gasteiger partial charge is 0.490 e. The van der Waals surface area contributed by atoms with Crippen LogP contribution in [0.1, 0.15) is 92.6 Å². The molecule has 2 amide bonds. The Bertz CT molecular complexity index is 1880. The molecular weight excluding hydrogens is 726 g/mol. The highest BCUT2D eigenvalue weighted by Gasteiger charge is 2.51. The summed E-state index contributed by atoms with van der Waals surface area (Å²) in [6.07, 6.45) is 11.6. The monoisotopic (exact) mass is 779 g/mol. The van der Waals surface area contributed by atoms with Crippen molar-refractivity contribution in [2.45, 2.75) is 93.6 Å². The third kappa shape index (κ3) is 7.24. The summed E-state index contributed by atoms with van der Waals surface area (Å²) in [6, 6.07) is 11.9. The van der Waals surface area contributed by atoms with Crippen LogP contribution in [-0.2, 0) is 35.0 Å². The van der Waals surface area contributed by atoms with Gasteiger partial charge in [-0.3, -0.25) is 9.59 Å². The maximum atomic E-state index is 14.3. The van der Waals surface area contributed by atoms with Gasteiger partial charge in [-0.05, 0) is 129 Å². The third-order valence-electron chi connectivity index (χ3n) is 13.6. The minimum Gasteiger partial charge on any atom is -0.490 e. The highest BCUT2D eigenvalue weighted by Crippen LogP contribution is 2.57. The second-order valence-electron chi connectivity index (χ2n) is 16.8. The molecule has 8 rings (SSSR count). The Morgan fingerprint density at radius 2 is 1.91 bits per heavy atom. The number of amides is 2. The molecule has 6 aliphatic rings. The van der Waals surface area contributed by atoms with Gasteiger partial charge in [-0.1, -0.05) is 36.7 Å². The molecule has 2 saturated carbocycles. The lowest BCUT2D eigenvalue weighted by Crippen LogP contribution is -2.53. The molecule has 0 radical (unpaired) electrons. The molecule has 2 bridgehead atoms. The molecule has 2 aromatic carbocycles. The molecule has 3 aliphatic carbocycles. The van der Waals surface area contributed by atoms with Gasteiger partial charge in [0, 0.05) is 49.4 Å². The summed E-state index contributed by atoms with van der Waals surface area (Å²) in [5.41, 5.74) is 3.63. The first-order valence-corrected chi connectivity index (χ1v) is 21.4. The minimum atomic E-state index is -2.60. The molecule has 2 aromatic rings. The molecule has 1 N–H and O–H groups in total. The fourth-order valence-electron chi connectivity index (χ4n) is 9.88. The van der Waals surface area contributed by atoms with Crippen LogP contribution in [0.3, 0.4) is 0 Å². The molecule has 0 aromatic heterocycles. The van der Waals surface area contributed by atoms with Gasteiger partial charge in [0.15, 0.2) is 0 Å². The van der Waals surface area contributed by atoms with Gasteiger partial charge >= 0.3 is 0 Å². The van der Waals surface area contributed by atoms with Crippen molar-refractivity contribution in [3.8, 4) is 5.75 Å². The van der Waals surface area contributed by atoms with E-state index in [0.29, 0.717) is 55.5 Å². The van der Waals surface area contributed by atoms with Gasteiger partial charge in [0.2, 0.25) is 5.91 Å². The van der Waals surface area contributed by atoms with Crippen molar-refractivity contribution >= 4 is 39.7 Å². The van der Waals surface area contributed by atoms with E-state index in [1.54, 1.807) is 20.1 Å². The van der Waals surface area contributed by atoms with Crippen molar-refractivity contribution in [1.29, 1.82) is 0 Å². The Balaban J connectivity index is 1.15. The van der Waals surface area contributed by atoms with E-state index in [2.05, 4.69) is 38.9 Å². The van der Waals surface area contributed by atoms with Gasteiger partial charge in [0.25, 0.3) is 5.91 Å². The Hall–Kier alpha value is -2.96. The average molecular weight is 780 g/mol. The summed E-state index contributed by atoms with van der Waals surface area (Å²) in [4.78, 5) is 28.5.